The summed E-state index contributed by atoms with van der Waals surface area (Å²) in [6.07, 6.45) is 0. The summed E-state index contributed by atoms with van der Waals surface area (Å²) in [5, 5.41) is 0. The van der Waals surface area contributed by atoms with Crippen LogP contribution in [0, 0.1) is 0 Å². The lowest BCUT2D eigenvalue weighted by atomic mass is 10.2. The van der Waals surface area contributed by atoms with Gasteiger partial charge in [0.05, 0.1) is 25.6 Å². The van der Waals surface area contributed by atoms with E-state index in [-0.39, 0.29) is 10.9 Å². The molecule has 0 radical (unpaired) electrons. The van der Waals surface area contributed by atoms with Crippen molar-refractivity contribution in [3.05, 3.63) is 69.0 Å². The SMILES string of the molecule is COc1ccc(N2CCN(c3ccc(OC)ccc3=O)CC2)c(=O)cc1. The molecule has 136 valence electrons. The molecule has 0 unspecified atom stereocenters. The van der Waals surface area contributed by atoms with E-state index in [4.69, 9.17) is 9.47 Å². The third kappa shape index (κ3) is 3.79. The van der Waals surface area contributed by atoms with Crippen LogP contribution in [-0.2, 0) is 0 Å². The lowest BCUT2D eigenvalue weighted by Gasteiger charge is -2.36. The van der Waals surface area contributed by atoms with Crippen molar-refractivity contribution in [1.29, 1.82) is 0 Å². The van der Waals surface area contributed by atoms with E-state index < -0.39 is 0 Å². The quantitative estimate of drug-likeness (QED) is 0.834. The van der Waals surface area contributed by atoms with Gasteiger partial charge in [-0.05, 0) is 48.5 Å². The average molecular weight is 354 g/mol. The second kappa shape index (κ2) is 7.91. The van der Waals surface area contributed by atoms with Crippen molar-refractivity contribution in [2.24, 2.45) is 0 Å². The molecular weight excluding hydrogens is 332 g/mol. The topological polar surface area (TPSA) is 59.1 Å². The number of ether oxygens (including phenoxy) is 2. The van der Waals surface area contributed by atoms with Gasteiger partial charge in [-0.1, -0.05) is 0 Å². The molecule has 26 heavy (non-hydrogen) atoms. The second-order valence-corrected chi connectivity index (χ2v) is 6.02. The largest absolute Gasteiger partial charge is 0.497 e. The Morgan fingerprint density at radius 2 is 0.962 bits per heavy atom. The van der Waals surface area contributed by atoms with Crippen LogP contribution in [0.5, 0.6) is 11.5 Å². The van der Waals surface area contributed by atoms with Crippen molar-refractivity contribution in [2.45, 2.75) is 0 Å². The maximum absolute atomic E-state index is 12.3. The zero-order chi connectivity index (χ0) is 18.5. The molecule has 0 saturated carbocycles. The van der Waals surface area contributed by atoms with Crippen molar-refractivity contribution in [2.75, 3.05) is 50.2 Å². The summed E-state index contributed by atoms with van der Waals surface area (Å²) in [7, 11) is 3.15. The summed E-state index contributed by atoms with van der Waals surface area (Å²) in [4.78, 5) is 28.8. The van der Waals surface area contributed by atoms with Gasteiger partial charge in [-0.3, -0.25) is 9.59 Å². The van der Waals surface area contributed by atoms with E-state index in [1.54, 1.807) is 50.6 Å². The Hall–Kier alpha value is -3.02. The molecule has 2 aromatic rings. The predicted octanol–water partition coefficient (Wildman–Crippen LogP) is 1.75. The zero-order valence-electron chi connectivity index (χ0n) is 15.0. The molecule has 0 aliphatic carbocycles. The van der Waals surface area contributed by atoms with Crippen LogP contribution < -0.4 is 30.1 Å². The minimum Gasteiger partial charge on any atom is -0.497 e. The lowest BCUT2D eigenvalue weighted by Crippen LogP contribution is -2.48. The minimum atomic E-state index is -0.0397. The van der Waals surface area contributed by atoms with Crippen LogP contribution in [0.15, 0.2) is 58.1 Å². The number of methoxy groups -OCH3 is 2. The van der Waals surface area contributed by atoms with Gasteiger partial charge in [-0.2, -0.15) is 0 Å². The molecule has 1 heterocycles. The first-order valence-electron chi connectivity index (χ1n) is 8.49. The maximum atomic E-state index is 12.3. The van der Waals surface area contributed by atoms with Crippen molar-refractivity contribution in [3.63, 3.8) is 0 Å². The number of hydrogen-bond acceptors (Lipinski definition) is 6. The first-order chi connectivity index (χ1) is 12.6. The predicted molar refractivity (Wildman–Crippen MR) is 103 cm³/mol. The highest BCUT2D eigenvalue weighted by atomic mass is 16.5. The summed E-state index contributed by atoms with van der Waals surface area (Å²) in [5.41, 5.74) is 1.22. The summed E-state index contributed by atoms with van der Waals surface area (Å²) in [6, 6.07) is 13.6. The Morgan fingerprint density at radius 3 is 1.31 bits per heavy atom. The molecule has 6 heteroatoms. The van der Waals surface area contributed by atoms with Gasteiger partial charge in [0.2, 0.25) is 10.9 Å². The molecule has 6 nitrogen and oxygen atoms in total. The fourth-order valence-electron chi connectivity index (χ4n) is 3.07. The van der Waals surface area contributed by atoms with Gasteiger partial charge in [0.25, 0.3) is 0 Å². The van der Waals surface area contributed by atoms with Crippen molar-refractivity contribution >= 4 is 11.4 Å². The van der Waals surface area contributed by atoms with E-state index in [9.17, 15) is 9.59 Å². The molecule has 0 spiro atoms. The molecule has 3 rings (SSSR count). The third-order valence-corrected chi connectivity index (χ3v) is 4.55. The van der Waals surface area contributed by atoms with Gasteiger partial charge in [-0.15, -0.1) is 0 Å². The van der Waals surface area contributed by atoms with E-state index in [2.05, 4.69) is 0 Å². The van der Waals surface area contributed by atoms with Crippen LogP contribution >= 0.6 is 0 Å². The monoisotopic (exact) mass is 354 g/mol. The molecule has 1 aliphatic rings. The highest BCUT2D eigenvalue weighted by molar-refractivity contribution is 5.52. The summed E-state index contributed by atoms with van der Waals surface area (Å²) < 4.78 is 10.4. The van der Waals surface area contributed by atoms with Crippen LogP contribution in [0.4, 0.5) is 11.4 Å². The first-order valence-corrected chi connectivity index (χ1v) is 8.49. The van der Waals surface area contributed by atoms with E-state index in [0.717, 1.165) is 0 Å². The normalized spacial score (nSPS) is 14.1. The van der Waals surface area contributed by atoms with Crippen molar-refractivity contribution in [3.8, 4) is 11.5 Å². The lowest BCUT2D eigenvalue weighted by molar-refractivity contribution is 0.415. The molecule has 2 aromatic carbocycles. The standard InChI is InChI=1S/C20H22N2O4/c1-25-15-3-7-17(19(23)9-5-15)21-11-13-22(14-12-21)18-8-4-16(26-2)6-10-20(18)24/h3-10H,11-14H2,1-2H3. The smallest absolute Gasteiger partial charge is 0.201 e. The fraction of sp³-hybridized carbons (Fsp3) is 0.300. The summed E-state index contributed by atoms with van der Waals surface area (Å²) >= 11 is 0. The molecule has 1 fully saturated rings. The highest BCUT2D eigenvalue weighted by Crippen LogP contribution is 2.18. The van der Waals surface area contributed by atoms with Crippen molar-refractivity contribution in [1.82, 2.24) is 0 Å². The molecule has 0 amide bonds. The van der Waals surface area contributed by atoms with Crippen molar-refractivity contribution < 1.29 is 9.47 Å². The van der Waals surface area contributed by atoms with Gasteiger partial charge < -0.3 is 19.3 Å². The minimum absolute atomic E-state index is 0.0397. The Morgan fingerprint density at radius 1 is 0.615 bits per heavy atom. The summed E-state index contributed by atoms with van der Waals surface area (Å²) in [5.74, 6) is 1.29. The van der Waals surface area contributed by atoms with E-state index in [1.807, 2.05) is 9.80 Å². The molecule has 1 aliphatic heterocycles. The maximum Gasteiger partial charge on any atom is 0.201 e. The van der Waals surface area contributed by atoms with Crippen LogP contribution in [0.2, 0.25) is 0 Å². The molecule has 0 atom stereocenters. The van der Waals surface area contributed by atoms with Crippen LogP contribution in [0.25, 0.3) is 0 Å². The second-order valence-electron chi connectivity index (χ2n) is 6.02. The highest BCUT2D eigenvalue weighted by Gasteiger charge is 2.20. The third-order valence-electron chi connectivity index (χ3n) is 4.55. The Balaban J connectivity index is 1.78. The zero-order valence-corrected chi connectivity index (χ0v) is 15.0. The Bertz CT molecular complexity index is 818. The van der Waals surface area contributed by atoms with Crippen LogP contribution in [-0.4, -0.2) is 40.4 Å². The van der Waals surface area contributed by atoms with E-state index in [0.29, 0.717) is 49.1 Å². The van der Waals surface area contributed by atoms with Gasteiger partial charge in [-0.25, -0.2) is 0 Å². The van der Waals surface area contributed by atoms with E-state index >= 15 is 0 Å². The Kier molecular flexibility index (Phi) is 5.41. The number of anilines is 2. The van der Waals surface area contributed by atoms with Gasteiger partial charge >= 0.3 is 0 Å². The molecule has 0 aromatic heterocycles. The molecule has 0 bridgehead atoms. The average Bonchev–Trinajstić information content (AvgIpc) is 2.97. The molecule has 1 saturated heterocycles. The number of rotatable bonds is 4. The first kappa shape index (κ1) is 17.8. The molecular formula is C20H22N2O4. The Labute approximate surface area is 152 Å². The van der Waals surface area contributed by atoms with Gasteiger partial charge in [0.15, 0.2) is 0 Å². The van der Waals surface area contributed by atoms with Gasteiger partial charge in [0, 0.05) is 26.2 Å². The van der Waals surface area contributed by atoms with Crippen LogP contribution in [0.1, 0.15) is 0 Å². The number of piperazine rings is 1. The van der Waals surface area contributed by atoms with Gasteiger partial charge in [0.1, 0.15) is 11.5 Å². The number of nitrogens with zero attached hydrogens (tertiary/aromatic N) is 2. The van der Waals surface area contributed by atoms with Crippen LogP contribution in [0.3, 0.4) is 0 Å². The van der Waals surface area contributed by atoms with E-state index in [1.165, 1.54) is 12.1 Å². The number of hydrogen-bond donors (Lipinski definition) is 0. The fourth-order valence-corrected chi connectivity index (χ4v) is 3.07. The molecule has 0 N–H and O–H groups in total. The summed E-state index contributed by atoms with van der Waals surface area (Å²) in [6.45, 7) is 2.65.